The van der Waals surface area contributed by atoms with Crippen molar-refractivity contribution in [3.8, 4) is 0 Å². The number of aromatic nitrogens is 1. The van der Waals surface area contributed by atoms with E-state index in [2.05, 4.69) is 20.9 Å². The van der Waals surface area contributed by atoms with E-state index in [9.17, 15) is 4.79 Å². The molecule has 2 aromatic rings. The van der Waals surface area contributed by atoms with Crippen molar-refractivity contribution < 1.29 is 4.79 Å². The molecule has 0 bridgehead atoms. The average molecular weight is 296 g/mol. The van der Waals surface area contributed by atoms with Gasteiger partial charge in [-0.1, -0.05) is 30.3 Å². The van der Waals surface area contributed by atoms with E-state index in [-0.39, 0.29) is 5.78 Å². The Balaban J connectivity index is 1.95. The molecule has 0 saturated carbocycles. The summed E-state index contributed by atoms with van der Waals surface area (Å²) in [5.74, 6) is 0.202. The van der Waals surface area contributed by atoms with Gasteiger partial charge in [-0.2, -0.15) is 0 Å². The first-order valence-corrected chi connectivity index (χ1v) is 6.51. The lowest BCUT2D eigenvalue weighted by Crippen LogP contribution is -2.05. The van der Waals surface area contributed by atoms with Crippen molar-refractivity contribution >= 4 is 33.0 Å². The number of hydrogen-bond acceptors (Lipinski definition) is 3. The van der Waals surface area contributed by atoms with Crippen LogP contribution in [0.3, 0.4) is 0 Å². The maximum Gasteiger partial charge on any atom is 0.144 e. The largest absolute Gasteiger partial charge is 0.299 e. The highest BCUT2D eigenvalue weighted by Gasteiger charge is 2.07. The Labute approximate surface area is 106 Å². The van der Waals surface area contributed by atoms with Gasteiger partial charge in [0.1, 0.15) is 10.8 Å². The Morgan fingerprint density at radius 3 is 2.62 bits per heavy atom. The van der Waals surface area contributed by atoms with Gasteiger partial charge < -0.3 is 0 Å². The van der Waals surface area contributed by atoms with Crippen LogP contribution in [0.25, 0.3) is 0 Å². The number of ketones is 1. The number of halogens is 1. The number of carbonyl (C=O) groups excluding carboxylic acids is 1. The van der Waals surface area contributed by atoms with Crippen molar-refractivity contribution in [3.63, 3.8) is 0 Å². The van der Waals surface area contributed by atoms with E-state index in [4.69, 9.17) is 0 Å². The molecule has 82 valence electrons. The van der Waals surface area contributed by atoms with Crippen LogP contribution in [0.4, 0.5) is 0 Å². The summed E-state index contributed by atoms with van der Waals surface area (Å²) in [5, 5.41) is 0.868. The molecule has 0 fully saturated rings. The molecule has 1 aromatic carbocycles. The van der Waals surface area contributed by atoms with Crippen LogP contribution in [0, 0.1) is 0 Å². The van der Waals surface area contributed by atoms with Gasteiger partial charge in [0, 0.05) is 6.42 Å². The first-order chi connectivity index (χ1) is 7.74. The van der Waals surface area contributed by atoms with Gasteiger partial charge >= 0.3 is 0 Å². The monoisotopic (exact) mass is 295 g/mol. The maximum absolute atomic E-state index is 11.7. The van der Waals surface area contributed by atoms with E-state index in [1.54, 1.807) is 6.20 Å². The van der Waals surface area contributed by atoms with Crippen LogP contribution in [-0.2, 0) is 17.6 Å². The summed E-state index contributed by atoms with van der Waals surface area (Å²) >= 11 is 4.84. The van der Waals surface area contributed by atoms with E-state index in [0.717, 1.165) is 14.4 Å². The predicted molar refractivity (Wildman–Crippen MR) is 68.7 cm³/mol. The normalized spacial score (nSPS) is 10.3. The molecular weight excluding hydrogens is 286 g/mol. The Hall–Kier alpha value is -1.00. The summed E-state index contributed by atoms with van der Waals surface area (Å²) in [6.45, 7) is 0. The van der Waals surface area contributed by atoms with Crippen molar-refractivity contribution in [1.29, 1.82) is 0 Å². The quantitative estimate of drug-likeness (QED) is 0.867. The lowest BCUT2D eigenvalue weighted by Gasteiger charge is -1.98. The van der Waals surface area contributed by atoms with Gasteiger partial charge in [-0.15, -0.1) is 11.3 Å². The van der Waals surface area contributed by atoms with Crippen LogP contribution in [0.15, 0.2) is 40.3 Å². The van der Waals surface area contributed by atoms with Crippen molar-refractivity contribution in [2.24, 2.45) is 0 Å². The van der Waals surface area contributed by atoms with Gasteiger partial charge in [-0.3, -0.25) is 4.79 Å². The minimum atomic E-state index is 0.202. The van der Waals surface area contributed by atoms with Crippen molar-refractivity contribution in [2.75, 3.05) is 0 Å². The molecule has 0 amide bonds. The fourth-order valence-electron chi connectivity index (χ4n) is 1.42. The zero-order valence-corrected chi connectivity index (χ0v) is 10.9. The van der Waals surface area contributed by atoms with E-state index >= 15 is 0 Å². The van der Waals surface area contributed by atoms with Gasteiger partial charge in [0.25, 0.3) is 0 Å². The van der Waals surface area contributed by atoms with E-state index in [1.807, 2.05) is 30.3 Å². The molecule has 0 aliphatic rings. The number of Topliss-reactive ketones (excluding diaryl/α,β-unsaturated/α-hetero) is 1. The number of carbonyl (C=O) groups is 1. The van der Waals surface area contributed by atoms with E-state index in [0.29, 0.717) is 12.8 Å². The fourth-order valence-corrected chi connectivity index (χ4v) is 2.76. The minimum Gasteiger partial charge on any atom is -0.299 e. The van der Waals surface area contributed by atoms with Crippen molar-refractivity contribution in [3.05, 3.63) is 50.9 Å². The van der Waals surface area contributed by atoms with Gasteiger partial charge in [-0.05, 0) is 21.5 Å². The molecule has 4 heteroatoms. The molecule has 0 saturated heterocycles. The highest BCUT2D eigenvalue weighted by Crippen LogP contribution is 2.19. The topological polar surface area (TPSA) is 30.0 Å². The van der Waals surface area contributed by atoms with Crippen molar-refractivity contribution in [1.82, 2.24) is 4.98 Å². The lowest BCUT2D eigenvalue weighted by atomic mass is 10.1. The Morgan fingerprint density at radius 1 is 1.25 bits per heavy atom. The third-order valence-electron chi connectivity index (χ3n) is 2.12. The van der Waals surface area contributed by atoms with Crippen LogP contribution in [0.1, 0.15) is 10.6 Å². The molecule has 0 spiro atoms. The first-order valence-electron chi connectivity index (χ1n) is 4.90. The van der Waals surface area contributed by atoms with Crippen LogP contribution in [0.5, 0.6) is 0 Å². The van der Waals surface area contributed by atoms with Crippen LogP contribution >= 0.6 is 27.3 Å². The third kappa shape index (κ3) is 3.25. The Kier molecular flexibility index (Phi) is 3.85. The second kappa shape index (κ2) is 5.37. The Morgan fingerprint density at radius 2 is 2.00 bits per heavy atom. The molecule has 2 nitrogen and oxygen atoms in total. The van der Waals surface area contributed by atoms with E-state index < -0.39 is 0 Å². The van der Waals surface area contributed by atoms with Gasteiger partial charge in [-0.25, -0.2) is 4.98 Å². The summed E-state index contributed by atoms with van der Waals surface area (Å²) in [5.41, 5.74) is 1.06. The van der Waals surface area contributed by atoms with Gasteiger partial charge in [0.2, 0.25) is 0 Å². The Bertz CT molecular complexity index is 481. The summed E-state index contributed by atoms with van der Waals surface area (Å²) < 4.78 is 0.968. The molecule has 2 rings (SSSR count). The molecule has 0 atom stereocenters. The number of rotatable bonds is 4. The molecule has 0 unspecified atom stereocenters. The second-order valence-electron chi connectivity index (χ2n) is 3.44. The smallest absolute Gasteiger partial charge is 0.144 e. The zero-order chi connectivity index (χ0) is 11.4. The predicted octanol–water partition coefficient (Wildman–Crippen LogP) is 3.26. The third-order valence-corrected chi connectivity index (χ3v) is 3.59. The molecule has 0 aliphatic carbocycles. The second-order valence-corrected chi connectivity index (χ2v) is 5.93. The average Bonchev–Trinajstić information content (AvgIpc) is 2.65. The molecule has 1 aromatic heterocycles. The highest BCUT2D eigenvalue weighted by molar-refractivity contribution is 9.11. The first kappa shape index (κ1) is 11.5. The minimum absolute atomic E-state index is 0.202. The number of benzene rings is 1. The van der Waals surface area contributed by atoms with Crippen LogP contribution < -0.4 is 0 Å². The molecule has 0 N–H and O–H groups in total. The summed E-state index contributed by atoms with van der Waals surface area (Å²) in [7, 11) is 0. The standard InChI is InChI=1S/C12H10BrNOS/c13-11-8-14-12(16-11)7-10(15)6-9-4-2-1-3-5-9/h1-5,8H,6-7H2. The lowest BCUT2D eigenvalue weighted by molar-refractivity contribution is -0.117. The molecule has 0 aliphatic heterocycles. The summed E-state index contributed by atoms with van der Waals surface area (Å²) in [6.07, 6.45) is 2.64. The maximum atomic E-state index is 11.7. The zero-order valence-electron chi connectivity index (χ0n) is 8.52. The van der Waals surface area contributed by atoms with Gasteiger partial charge in [0.05, 0.1) is 16.4 Å². The summed E-state index contributed by atoms with van der Waals surface area (Å²) in [6, 6.07) is 9.78. The SMILES string of the molecule is O=C(Cc1ccccc1)Cc1ncc(Br)s1. The number of nitrogens with zero attached hydrogens (tertiary/aromatic N) is 1. The molecular formula is C12H10BrNOS. The van der Waals surface area contributed by atoms with Gasteiger partial charge in [0.15, 0.2) is 0 Å². The highest BCUT2D eigenvalue weighted by atomic mass is 79.9. The fraction of sp³-hybridized carbons (Fsp3) is 0.167. The molecule has 0 radical (unpaired) electrons. The molecule has 1 heterocycles. The molecule has 16 heavy (non-hydrogen) atoms. The number of hydrogen-bond donors (Lipinski definition) is 0. The van der Waals surface area contributed by atoms with E-state index in [1.165, 1.54) is 11.3 Å². The summed E-state index contributed by atoms with van der Waals surface area (Å²) in [4.78, 5) is 15.9. The van der Waals surface area contributed by atoms with Crippen LogP contribution in [0.2, 0.25) is 0 Å². The van der Waals surface area contributed by atoms with Crippen molar-refractivity contribution in [2.45, 2.75) is 12.8 Å². The number of thiazole rings is 1. The van der Waals surface area contributed by atoms with Crippen LogP contribution in [-0.4, -0.2) is 10.8 Å².